The molecule has 19 heavy (non-hydrogen) atoms. The summed E-state index contributed by atoms with van der Waals surface area (Å²) in [7, 11) is 7.22. The zero-order valence-corrected chi connectivity index (χ0v) is 12.0. The van der Waals surface area contributed by atoms with Crippen molar-refractivity contribution in [1.29, 1.82) is 0 Å². The fraction of sp³-hybridized carbons (Fsp3) is 0.500. The predicted molar refractivity (Wildman–Crippen MR) is 72.1 cm³/mol. The summed E-state index contributed by atoms with van der Waals surface area (Å²) in [6.45, 7) is 1.40. The summed E-state index contributed by atoms with van der Waals surface area (Å²) in [6.07, 6.45) is 0.849. The zero-order chi connectivity index (χ0) is 14.3. The average molecular weight is 268 g/mol. The highest BCUT2D eigenvalue weighted by Crippen LogP contribution is 2.27. The molecule has 1 rings (SSSR count). The van der Waals surface area contributed by atoms with Gasteiger partial charge in [-0.3, -0.25) is 0 Å². The van der Waals surface area contributed by atoms with Gasteiger partial charge in [0.15, 0.2) is 11.5 Å². The molecule has 0 heterocycles. The van der Waals surface area contributed by atoms with Gasteiger partial charge in [-0.1, -0.05) is 0 Å². The molecule has 0 spiro atoms. The first-order chi connectivity index (χ1) is 9.08. The second-order valence-electron chi connectivity index (χ2n) is 4.52. The van der Waals surface area contributed by atoms with Crippen LogP contribution in [0, 0.1) is 0 Å². The van der Waals surface area contributed by atoms with Gasteiger partial charge in [0.25, 0.3) is 0 Å². The van der Waals surface area contributed by atoms with Gasteiger partial charge in [0.05, 0.1) is 47.0 Å². The molecule has 0 aliphatic rings. The van der Waals surface area contributed by atoms with Crippen LogP contribution < -0.4 is 14.4 Å². The lowest BCUT2D eigenvalue weighted by molar-refractivity contribution is -0.858. The SMILES string of the molecule is COc1ccc(C(=O)OCCC[NH+](C)C)cc1OC. The van der Waals surface area contributed by atoms with E-state index in [9.17, 15) is 4.79 Å². The predicted octanol–water partition coefficient (Wildman–Crippen LogP) is 0.395. The number of ether oxygens (including phenoxy) is 3. The second kappa shape index (κ2) is 7.63. The Bertz CT molecular complexity index is 418. The third-order valence-corrected chi connectivity index (χ3v) is 2.67. The van der Waals surface area contributed by atoms with Crippen molar-refractivity contribution in [2.45, 2.75) is 6.42 Å². The van der Waals surface area contributed by atoms with Crippen molar-refractivity contribution in [3.8, 4) is 11.5 Å². The maximum absolute atomic E-state index is 11.8. The lowest BCUT2D eigenvalue weighted by Crippen LogP contribution is -3.05. The molecule has 0 saturated carbocycles. The lowest BCUT2D eigenvalue weighted by atomic mass is 10.2. The monoisotopic (exact) mass is 268 g/mol. The summed E-state index contributed by atoms with van der Waals surface area (Å²) in [6, 6.07) is 4.98. The Morgan fingerprint density at radius 1 is 1.16 bits per heavy atom. The Labute approximate surface area is 114 Å². The van der Waals surface area contributed by atoms with Gasteiger partial charge in [0, 0.05) is 6.42 Å². The molecule has 0 radical (unpaired) electrons. The van der Waals surface area contributed by atoms with Gasteiger partial charge < -0.3 is 19.1 Å². The van der Waals surface area contributed by atoms with E-state index in [0.29, 0.717) is 23.7 Å². The van der Waals surface area contributed by atoms with Crippen LogP contribution in [-0.4, -0.2) is 47.4 Å². The van der Waals surface area contributed by atoms with Gasteiger partial charge in [0.2, 0.25) is 0 Å². The van der Waals surface area contributed by atoms with Gasteiger partial charge in [-0.2, -0.15) is 0 Å². The molecule has 0 amide bonds. The Hall–Kier alpha value is -1.75. The Kier molecular flexibility index (Phi) is 6.15. The number of rotatable bonds is 7. The van der Waals surface area contributed by atoms with Crippen molar-refractivity contribution in [2.24, 2.45) is 0 Å². The van der Waals surface area contributed by atoms with E-state index in [1.807, 2.05) is 0 Å². The molecule has 0 bridgehead atoms. The number of quaternary nitrogens is 1. The lowest BCUT2D eigenvalue weighted by Gasteiger charge is -2.10. The van der Waals surface area contributed by atoms with Crippen molar-refractivity contribution >= 4 is 5.97 Å². The van der Waals surface area contributed by atoms with Crippen molar-refractivity contribution < 1.29 is 23.9 Å². The molecule has 1 N–H and O–H groups in total. The summed E-state index contributed by atoms with van der Waals surface area (Å²) in [5, 5.41) is 0. The number of benzene rings is 1. The maximum atomic E-state index is 11.8. The summed E-state index contributed by atoms with van der Waals surface area (Å²) >= 11 is 0. The van der Waals surface area contributed by atoms with Gasteiger partial charge in [-0.25, -0.2) is 4.79 Å². The largest absolute Gasteiger partial charge is 0.493 e. The van der Waals surface area contributed by atoms with Crippen LogP contribution in [0.2, 0.25) is 0 Å². The molecule has 5 heteroatoms. The van der Waals surface area contributed by atoms with Crippen LogP contribution >= 0.6 is 0 Å². The molecule has 0 saturated heterocycles. The van der Waals surface area contributed by atoms with Gasteiger partial charge in [-0.15, -0.1) is 0 Å². The van der Waals surface area contributed by atoms with E-state index in [4.69, 9.17) is 14.2 Å². The molecule has 0 aliphatic heterocycles. The third kappa shape index (κ3) is 4.79. The minimum atomic E-state index is -0.338. The van der Waals surface area contributed by atoms with Crippen molar-refractivity contribution in [1.82, 2.24) is 0 Å². The average Bonchev–Trinajstić information content (AvgIpc) is 2.42. The van der Waals surface area contributed by atoms with Crippen LogP contribution in [0.4, 0.5) is 0 Å². The fourth-order valence-electron chi connectivity index (χ4n) is 1.64. The summed E-state index contributed by atoms with van der Waals surface area (Å²) < 4.78 is 15.5. The highest BCUT2D eigenvalue weighted by molar-refractivity contribution is 5.90. The minimum Gasteiger partial charge on any atom is -0.493 e. The number of carbonyl (C=O) groups excluding carboxylic acids is 1. The molecule has 0 unspecified atom stereocenters. The molecular weight excluding hydrogens is 246 g/mol. The van der Waals surface area contributed by atoms with E-state index in [2.05, 4.69) is 14.1 Å². The fourth-order valence-corrected chi connectivity index (χ4v) is 1.64. The van der Waals surface area contributed by atoms with E-state index in [0.717, 1.165) is 13.0 Å². The molecule has 1 aromatic carbocycles. The summed E-state index contributed by atoms with van der Waals surface area (Å²) in [5.74, 6) is 0.777. The van der Waals surface area contributed by atoms with Crippen LogP contribution in [0.25, 0.3) is 0 Å². The molecule has 0 aliphatic carbocycles. The van der Waals surface area contributed by atoms with E-state index in [-0.39, 0.29) is 5.97 Å². The summed E-state index contributed by atoms with van der Waals surface area (Å²) in [5.41, 5.74) is 0.467. The Balaban J connectivity index is 2.57. The van der Waals surface area contributed by atoms with Crippen molar-refractivity contribution in [2.75, 3.05) is 41.5 Å². The first-order valence-corrected chi connectivity index (χ1v) is 6.26. The maximum Gasteiger partial charge on any atom is 0.338 e. The minimum absolute atomic E-state index is 0.338. The molecule has 5 nitrogen and oxygen atoms in total. The van der Waals surface area contributed by atoms with E-state index in [1.54, 1.807) is 25.3 Å². The first kappa shape index (κ1) is 15.3. The van der Waals surface area contributed by atoms with Crippen LogP contribution in [-0.2, 0) is 4.74 Å². The van der Waals surface area contributed by atoms with Crippen LogP contribution in [0.5, 0.6) is 11.5 Å². The molecule has 0 aromatic heterocycles. The Morgan fingerprint density at radius 3 is 2.42 bits per heavy atom. The highest BCUT2D eigenvalue weighted by atomic mass is 16.5. The second-order valence-corrected chi connectivity index (χ2v) is 4.52. The smallest absolute Gasteiger partial charge is 0.338 e. The van der Waals surface area contributed by atoms with Gasteiger partial charge in [-0.05, 0) is 18.2 Å². The normalized spacial score (nSPS) is 10.4. The zero-order valence-electron chi connectivity index (χ0n) is 12.0. The highest BCUT2D eigenvalue weighted by Gasteiger charge is 2.11. The number of carbonyl (C=O) groups is 1. The molecule has 106 valence electrons. The van der Waals surface area contributed by atoms with E-state index in [1.165, 1.54) is 12.0 Å². The van der Waals surface area contributed by atoms with Gasteiger partial charge in [0.1, 0.15) is 0 Å². The van der Waals surface area contributed by atoms with Crippen molar-refractivity contribution in [3.63, 3.8) is 0 Å². The quantitative estimate of drug-likeness (QED) is 0.574. The number of methoxy groups -OCH3 is 2. The summed E-state index contributed by atoms with van der Waals surface area (Å²) in [4.78, 5) is 13.2. The standard InChI is InChI=1S/C14H21NO4/c1-15(2)8-5-9-19-14(16)11-6-7-12(17-3)13(10-11)18-4/h6-7,10H,5,8-9H2,1-4H3/p+1. The molecule has 1 aromatic rings. The molecule has 0 atom stereocenters. The van der Waals surface area contributed by atoms with Gasteiger partial charge >= 0.3 is 5.97 Å². The van der Waals surface area contributed by atoms with Crippen LogP contribution in [0.1, 0.15) is 16.8 Å². The number of hydrogen-bond donors (Lipinski definition) is 1. The first-order valence-electron chi connectivity index (χ1n) is 6.26. The molecule has 0 fully saturated rings. The van der Waals surface area contributed by atoms with Crippen molar-refractivity contribution in [3.05, 3.63) is 23.8 Å². The van der Waals surface area contributed by atoms with Crippen LogP contribution in [0.15, 0.2) is 18.2 Å². The van der Waals surface area contributed by atoms with E-state index >= 15 is 0 Å². The topological polar surface area (TPSA) is 49.2 Å². The number of nitrogens with one attached hydrogen (secondary N) is 1. The molecular formula is C14H22NO4+. The van der Waals surface area contributed by atoms with Crippen LogP contribution in [0.3, 0.4) is 0 Å². The number of esters is 1. The Morgan fingerprint density at radius 2 is 1.84 bits per heavy atom. The third-order valence-electron chi connectivity index (χ3n) is 2.67. The number of hydrogen-bond acceptors (Lipinski definition) is 4. The van der Waals surface area contributed by atoms with E-state index < -0.39 is 0 Å².